The van der Waals surface area contributed by atoms with Crippen molar-refractivity contribution in [3.05, 3.63) is 35.1 Å². The standard InChI is InChI=1S/C16H23F3N2/c1-11(2)3-6-14(21-9-7-20-8-10-21)12-4-5-13(17)16(19)15(12)18/h4-5,11,14,20H,3,6-10H2,1-2H3/t14-/m0/s1. The van der Waals surface area contributed by atoms with E-state index in [4.69, 9.17) is 0 Å². The van der Waals surface area contributed by atoms with Gasteiger partial charge < -0.3 is 5.32 Å². The minimum atomic E-state index is -1.36. The molecule has 0 unspecified atom stereocenters. The fourth-order valence-corrected chi connectivity index (χ4v) is 2.82. The topological polar surface area (TPSA) is 15.3 Å². The van der Waals surface area contributed by atoms with Gasteiger partial charge >= 0.3 is 0 Å². The van der Waals surface area contributed by atoms with Gasteiger partial charge in [-0.3, -0.25) is 4.90 Å². The van der Waals surface area contributed by atoms with Crippen molar-refractivity contribution in [2.24, 2.45) is 5.92 Å². The largest absolute Gasteiger partial charge is 0.314 e. The number of benzene rings is 1. The van der Waals surface area contributed by atoms with Crippen LogP contribution in [-0.4, -0.2) is 31.1 Å². The predicted molar refractivity (Wildman–Crippen MR) is 77.6 cm³/mol. The molecule has 5 heteroatoms. The average molecular weight is 300 g/mol. The van der Waals surface area contributed by atoms with Crippen LogP contribution in [0.25, 0.3) is 0 Å². The summed E-state index contributed by atoms with van der Waals surface area (Å²) in [6.45, 7) is 7.47. The molecule has 1 aliphatic rings. The predicted octanol–water partition coefficient (Wildman–Crippen LogP) is 3.49. The third-order valence-electron chi connectivity index (χ3n) is 4.03. The monoisotopic (exact) mass is 300 g/mol. The van der Waals surface area contributed by atoms with Crippen LogP contribution in [0.2, 0.25) is 0 Å². The van der Waals surface area contributed by atoms with Gasteiger partial charge in [0, 0.05) is 37.8 Å². The van der Waals surface area contributed by atoms with Crippen LogP contribution in [0.3, 0.4) is 0 Å². The van der Waals surface area contributed by atoms with Crippen LogP contribution in [0.15, 0.2) is 12.1 Å². The van der Waals surface area contributed by atoms with E-state index in [1.54, 1.807) is 0 Å². The van der Waals surface area contributed by atoms with E-state index >= 15 is 0 Å². The van der Waals surface area contributed by atoms with E-state index in [9.17, 15) is 13.2 Å². The Morgan fingerprint density at radius 3 is 2.33 bits per heavy atom. The molecule has 21 heavy (non-hydrogen) atoms. The van der Waals surface area contributed by atoms with Gasteiger partial charge in [0.1, 0.15) is 0 Å². The normalized spacial score (nSPS) is 18.2. The van der Waals surface area contributed by atoms with Crippen molar-refractivity contribution >= 4 is 0 Å². The Bertz CT molecular complexity index is 471. The van der Waals surface area contributed by atoms with Crippen molar-refractivity contribution in [2.75, 3.05) is 26.2 Å². The van der Waals surface area contributed by atoms with Gasteiger partial charge in [-0.05, 0) is 24.8 Å². The van der Waals surface area contributed by atoms with Gasteiger partial charge in [0.15, 0.2) is 17.5 Å². The smallest absolute Gasteiger partial charge is 0.194 e. The lowest BCUT2D eigenvalue weighted by molar-refractivity contribution is 0.155. The molecule has 1 atom stereocenters. The number of halogens is 3. The van der Waals surface area contributed by atoms with Crippen LogP contribution in [0.4, 0.5) is 13.2 Å². The van der Waals surface area contributed by atoms with Crippen molar-refractivity contribution in [1.29, 1.82) is 0 Å². The number of piperazine rings is 1. The SMILES string of the molecule is CC(C)CC[C@@H](c1ccc(F)c(F)c1F)N1CCNCC1. The lowest BCUT2D eigenvalue weighted by Crippen LogP contribution is -2.45. The van der Waals surface area contributed by atoms with Crippen LogP contribution >= 0.6 is 0 Å². The van der Waals surface area contributed by atoms with Crippen molar-refractivity contribution < 1.29 is 13.2 Å². The molecule has 0 amide bonds. The summed E-state index contributed by atoms with van der Waals surface area (Å²) in [4.78, 5) is 2.16. The zero-order valence-corrected chi connectivity index (χ0v) is 12.6. The molecule has 0 aliphatic carbocycles. The van der Waals surface area contributed by atoms with Gasteiger partial charge in [0.25, 0.3) is 0 Å². The quantitative estimate of drug-likeness (QED) is 0.838. The van der Waals surface area contributed by atoms with Gasteiger partial charge in [-0.1, -0.05) is 19.9 Å². The summed E-state index contributed by atoms with van der Waals surface area (Å²) in [5.41, 5.74) is 0.274. The highest BCUT2D eigenvalue weighted by Gasteiger charge is 2.27. The number of hydrogen-bond donors (Lipinski definition) is 1. The van der Waals surface area contributed by atoms with Crippen LogP contribution < -0.4 is 5.32 Å². The van der Waals surface area contributed by atoms with Gasteiger partial charge in [-0.2, -0.15) is 0 Å². The van der Waals surface area contributed by atoms with Crippen molar-refractivity contribution in [3.8, 4) is 0 Å². The van der Waals surface area contributed by atoms with Gasteiger partial charge in [-0.15, -0.1) is 0 Å². The molecule has 1 heterocycles. The molecule has 0 aromatic heterocycles. The fraction of sp³-hybridized carbons (Fsp3) is 0.625. The first-order valence-electron chi connectivity index (χ1n) is 7.59. The first-order chi connectivity index (χ1) is 10.0. The molecule has 2 rings (SSSR count). The van der Waals surface area contributed by atoms with E-state index < -0.39 is 17.5 Å². The summed E-state index contributed by atoms with van der Waals surface area (Å²) >= 11 is 0. The molecule has 1 N–H and O–H groups in total. The number of hydrogen-bond acceptors (Lipinski definition) is 2. The average Bonchev–Trinajstić information content (AvgIpc) is 2.48. The molecule has 1 saturated heterocycles. The lowest BCUT2D eigenvalue weighted by Gasteiger charge is -2.35. The molecule has 1 aromatic carbocycles. The van der Waals surface area contributed by atoms with Crippen LogP contribution in [0.5, 0.6) is 0 Å². The Kier molecular flexibility index (Phi) is 5.65. The lowest BCUT2D eigenvalue weighted by atomic mass is 9.95. The molecule has 1 aromatic rings. The van der Waals surface area contributed by atoms with Gasteiger partial charge in [-0.25, -0.2) is 13.2 Å². The summed E-state index contributed by atoms with van der Waals surface area (Å²) in [5, 5.41) is 3.25. The van der Waals surface area contributed by atoms with E-state index in [-0.39, 0.29) is 11.6 Å². The molecule has 118 valence electrons. The highest BCUT2D eigenvalue weighted by molar-refractivity contribution is 5.24. The summed E-state index contributed by atoms with van der Waals surface area (Å²) in [7, 11) is 0. The molecule has 0 spiro atoms. The van der Waals surface area contributed by atoms with Crippen molar-refractivity contribution in [3.63, 3.8) is 0 Å². The van der Waals surface area contributed by atoms with E-state index in [0.29, 0.717) is 5.92 Å². The molecule has 0 radical (unpaired) electrons. The minimum absolute atomic E-state index is 0.190. The third kappa shape index (κ3) is 3.98. The Labute approximate surface area is 124 Å². The van der Waals surface area contributed by atoms with E-state index in [1.165, 1.54) is 6.07 Å². The Morgan fingerprint density at radius 2 is 1.71 bits per heavy atom. The number of rotatable bonds is 5. The second-order valence-electron chi connectivity index (χ2n) is 6.04. The zero-order valence-electron chi connectivity index (χ0n) is 12.6. The van der Waals surface area contributed by atoms with Crippen molar-refractivity contribution in [2.45, 2.75) is 32.7 Å². The maximum atomic E-state index is 14.1. The molecule has 0 saturated carbocycles. The highest BCUT2D eigenvalue weighted by Crippen LogP contribution is 2.31. The second kappa shape index (κ2) is 7.27. The fourth-order valence-electron chi connectivity index (χ4n) is 2.82. The Morgan fingerprint density at radius 1 is 1.05 bits per heavy atom. The Hall–Kier alpha value is -1.07. The molecule has 1 fully saturated rings. The summed E-state index contributed by atoms with van der Waals surface area (Å²) < 4.78 is 40.8. The maximum Gasteiger partial charge on any atom is 0.194 e. The minimum Gasteiger partial charge on any atom is -0.314 e. The molecule has 2 nitrogen and oxygen atoms in total. The Balaban J connectivity index is 2.27. The molecule has 0 bridgehead atoms. The third-order valence-corrected chi connectivity index (χ3v) is 4.03. The first-order valence-corrected chi connectivity index (χ1v) is 7.59. The summed E-state index contributed by atoms with van der Waals surface area (Å²) in [6, 6.07) is 2.23. The molecular weight excluding hydrogens is 277 g/mol. The van der Waals surface area contributed by atoms with E-state index in [2.05, 4.69) is 24.1 Å². The number of nitrogens with one attached hydrogen (secondary N) is 1. The van der Waals surface area contributed by atoms with E-state index in [0.717, 1.165) is 45.1 Å². The van der Waals surface area contributed by atoms with Crippen LogP contribution in [-0.2, 0) is 0 Å². The maximum absolute atomic E-state index is 14.1. The summed E-state index contributed by atoms with van der Waals surface area (Å²) in [5.74, 6) is -3.04. The highest BCUT2D eigenvalue weighted by atomic mass is 19.2. The van der Waals surface area contributed by atoms with Gasteiger partial charge in [0.05, 0.1) is 0 Å². The number of nitrogens with zero attached hydrogens (tertiary/aromatic N) is 1. The van der Waals surface area contributed by atoms with Gasteiger partial charge in [0.2, 0.25) is 0 Å². The second-order valence-corrected chi connectivity index (χ2v) is 6.04. The van der Waals surface area contributed by atoms with Crippen LogP contribution in [0.1, 0.15) is 38.3 Å². The summed E-state index contributed by atoms with van der Waals surface area (Å²) in [6.07, 6.45) is 1.67. The van der Waals surface area contributed by atoms with Crippen LogP contribution in [0, 0.1) is 23.4 Å². The molecular formula is C16H23F3N2. The van der Waals surface area contributed by atoms with E-state index in [1.807, 2.05) is 0 Å². The molecule has 1 aliphatic heterocycles. The first kappa shape index (κ1) is 16.3. The van der Waals surface area contributed by atoms with Crippen molar-refractivity contribution in [1.82, 2.24) is 10.2 Å². The zero-order chi connectivity index (χ0) is 15.4.